The summed E-state index contributed by atoms with van der Waals surface area (Å²) in [5.41, 5.74) is 0.845. The number of nitrogens with zero attached hydrogens (tertiary/aromatic N) is 2. The van der Waals surface area contributed by atoms with Gasteiger partial charge < -0.3 is 9.47 Å². The fourth-order valence-corrected chi connectivity index (χ4v) is 3.78. The van der Waals surface area contributed by atoms with Crippen LogP contribution in [0.15, 0.2) is 47.4 Å². The summed E-state index contributed by atoms with van der Waals surface area (Å²) < 4.78 is 11.1. The Labute approximate surface area is 177 Å². The van der Waals surface area contributed by atoms with Crippen molar-refractivity contribution in [2.75, 3.05) is 13.2 Å². The van der Waals surface area contributed by atoms with Gasteiger partial charge in [-0.2, -0.15) is 0 Å². The molecule has 0 unspecified atom stereocenters. The Hall–Kier alpha value is -3.33. The molecule has 0 spiro atoms. The van der Waals surface area contributed by atoms with Crippen LogP contribution in [0.2, 0.25) is 0 Å². The molecule has 9 heteroatoms. The first-order chi connectivity index (χ1) is 14.4. The van der Waals surface area contributed by atoms with E-state index in [4.69, 9.17) is 9.47 Å². The molecular formula is C21H20N2O6S. The molecule has 0 radical (unpaired) electrons. The Morgan fingerprint density at radius 1 is 1.07 bits per heavy atom. The minimum Gasteiger partial charge on any atom is -0.490 e. The maximum atomic E-state index is 12.8. The molecule has 3 rings (SSSR count). The van der Waals surface area contributed by atoms with Crippen LogP contribution in [0.5, 0.6) is 11.5 Å². The molecule has 0 aliphatic carbocycles. The Morgan fingerprint density at radius 3 is 2.47 bits per heavy atom. The number of carbonyl (C=O) groups excluding carboxylic acids is 2. The summed E-state index contributed by atoms with van der Waals surface area (Å²) in [7, 11) is 0. The van der Waals surface area contributed by atoms with Crippen LogP contribution in [-0.2, 0) is 11.3 Å². The molecule has 30 heavy (non-hydrogen) atoms. The van der Waals surface area contributed by atoms with Crippen LogP contribution in [0, 0.1) is 10.1 Å². The number of nitro benzene ring substituents is 1. The molecule has 1 heterocycles. The number of thioether (sulfide) groups is 1. The number of imide groups is 1. The van der Waals surface area contributed by atoms with E-state index in [1.54, 1.807) is 30.3 Å². The SMILES string of the molecule is CCOc1ccc(/C=C2\SC(=O)N(Cc3ccccc3[N+](=O)[O-])C2=O)cc1OCC. The van der Waals surface area contributed by atoms with E-state index < -0.39 is 16.1 Å². The van der Waals surface area contributed by atoms with Crippen molar-refractivity contribution in [1.82, 2.24) is 4.90 Å². The Bertz CT molecular complexity index is 1020. The van der Waals surface area contributed by atoms with E-state index in [2.05, 4.69) is 0 Å². The molecule has 0 bridgehead atoms. The lowest BCUT2D eigenvalue weighted by molar-refractivity contribution is -0.385. The zero-order valence-electron chi connectivity index (χ0n) is 16.5. The number of hydrogen-bond acceptors (Lipinski definition) is 7. The molecule has 1 aliphatic heterocycles. The van der Waals surface area contributed by atoms with E-state index in [-0.39, 0.29) is 17.1 Å². The molecule has 0 aromatic heterocycles. The highest BCUT2D eigenvalue weighted by atomic mass is 32.2. The monoisotopic (exact) mass is 428 g/mol. The van der Waals surface area contributed by atoms with E-state index >= 15 is 0 Å². The molecule has 1 saturated heterocycles. The van der Waals surface area contributed by atoms with E-state index in [0.29, 0.717) is 35.8 Å². The van der Waals surface area contributed by atoms with Crippen LogP contribution in [0.1, 0.15) is 25.0 Å². The van der Waals surface area contributed by atoms with Crippen LogP contribution in [0.25, 0.3) is 6.08 Å². The number of nitro groups is 1. The lowest BCUT2D eigenvalue weighted by Gasteiger charge is -2.12. The number of hydrogen-bond donors (Lipinski definition) is 0. The van der Waals surface area contributed by atoms with Crippen molar-refractivity contribution in [2.45, 2.75) is 20.4 Å². The van der Waals surface area contributed by atoms with Gasteiger partial charge in [0.1, 0.15) is 0 Å². The Balaban J connectivity index is 1.85. The normalized spacial score (nSPS) is 15.0. The second kappa shape index (κ2) is 9.45. The first kappa shape index (κ1) is 21.4. The second-order valence-electron chi connectivity index (χ2n) is 6.23. The highest BCUT2D eigenvalue weighted by Gasteiger charge is 2.36. The van der Waals surface area contributed by atoms with Gasteiger partial charge in [-0.25, -0.2) is 0 Å². The largest absolute Gasteiger partial charge is 0.490 e. The number of amides is 2. The number of ether oxygens (including phenoxy) is 2. The van der Waals surface area contributed by atoms with Crippen molar-refractivity contribution in [3.63, 3.8) is 0 Å². The molecule has 2 aromatic rings. The maximum Gasteiger partial charge on any atom is 0.293 e. The standard InChI is InChI=1S/C21H20N2O6S/c1-3-28-17-10-9-14(11-18(17)29-4-2)12-19-20(24)22(21(25)30-19)13-15-7-5-6-8-16(15)23(26)27/h5-12H,3-4,13H2,1-2H3/b19-12-. The van der Waals surface area contributed by atoms with Gasteiger partial charge in [0.15, 0.2) is 11.5 Å². The van der Waals surface area contributed by atoms with Crippen LogP contribution in [0.4, 0.5) is 10.5 Å². The molecule has 1 fully saturated rings. The van der Waals surface area contributed by atoms with E-state index in [9.17, 15) is 19.7 Å². The fraction of sp³-hybridized carbons (Fsp3) is 0.238. The lowest BCUT2D eigenvalue weighted by Crippen LogP contribution is -2.27. The van der Waals surface area contributed by atoms with Gasteiger partial charge in [0.05, 0.1) is 29.6 Å². The summed E-state index contributed by atoms with van der Waals surface area (Å²) in [6.45, 7) is 4.51. The maximum absolute atomic E-state index is 12.8. The van der Waals surface area contributed by atoms with Gasteiger partial charge in [0, 0.05) is 11.6 Å². The second-order valence-corrected chi connectivity index (χ2v) is 7.22. The zero-order valence-corrected chi connectivity index (χ0v) is 17.3. The topological polar surface area (TPSA) is 99.0 Å². The van der Waals surface area contributed by atoms with Gasteiger partial charge in [0.2, 0.25) is 0 Å². The molecule has 1 aliphatic rings. The lowest BCUT2D eigenvalue weighted by atomic mass is 10.1. The molecule has 8 nitrogen and oxygen atoms in total. The van der Waals surface area contributed by atoms with E-state index in [1.165, 1.54) is 18.2 Å². The summed E-state index contributed by atoms with van der Waals surface area (Å²) in [6, 6.07) is 11.3. The van der Waals surface area contributed by atoms with Crippen molar-refractivity contribution in [3.8, 4) is 11.5 Å². The smallest absolute Gasteiger partial charge is 0.293 e. The van der Waals surface area contributed by atoms with Crippen LogP contribution >= 0.6 is 11.8 Å². The van der Waals surface area contributed by atoms with Crippen molar-refractivity contribution >= 4 is 34.7 Å². The summed E-state index contributed by atoms with van der Waals surface area (Å²) in [4.78, 5) is 37.1. The van der Waals surface area contributed by atoms with Gasteiger partial charge in [-0.1, -0.05) is 24.3 Å². The van der Waals surface area contributed by atoms with Crippen LogP contribution < -0.4 is 9.47 Å². The van der Waals surface area contributed by atoms with Crippen molar-refractivity contribution in [1.29, 1.82) is 0 Å². The first-order valence-electron chi connectivity index (χ1n) is 9.31. The first-order valence-corrected chi connectivity index (χ1v) is 10.1. The van der Waals surface area contributed by atoms with Crippen molar-refractivity contribution < 1.29 is 24.0 Å². The molecule has 156 valence electrons. The third-order valence-electron chi connectivity index (χ3n) is 4.26. The van der Waals surface area contributed by atoms with E-state index in [1.807, 2.05) is 13.8 Å². The Morgan fingerprint density at radius 2 is 1.77 bits per heavy atom. The number of benzene rings is 2. The minimum absolute atomic E-state index is 0.131. The van der Waals surface area contributed by atoms with Gasteiger partial charge >= 0.3 is 0 Å². The van der Waals surface area contributed by atoms with Crippen molar-refractivity contribution in [3.05, 3.63) is 68.6 Å². The van der Waals surface area contributed by atoms with Crippen LogP contribution in [0.3, 0.4) is 0 Å². The van der Waals surface area contributed by atoms with Gasteiger partial charge in [-0.3, -0.25) is 24.6 Å². The molecule has 0 saturated carbocycles. The minimum atomic E-state index is -0.528. The van der Waals surface area contributed by atoms with Gasteiger partial charge in [-0.05, 0) is 49.4 Å². The summed E-state index contributed by atoms with van der Waals surface area (Å²) >= 11 is 0.800. The summed E-state index contributed by atoms with van der Waals surface area (Å²) in [6.07, 6.45) is 1.60. The Kier molecular flexibility index (Phi) is 6.73. The molecule has 0 atom stereocenters. The number of rotatable bonds is 8. The van der Waals surface area contributed by atoms with Gasteiger partial charge in [-0.15, -0.1) is 0 Å². The van der Waals surface area contributed by atoms with Crippen LogP contribution in [-0.4, -0.2) is 34.2 Å². The number of carbonyl (C=O) groups is 2. The highest BCUT2D eigenvalue weighted by Crippen LogP contribution is 2.36. The quantitative estimate of drug-likeness (QED) is 0.343. The molecule has 2 aromatic carbocycles. The van der Waals surface area contributed by atoms with Crippen molar-refractivity contribution in [2.24, 2.45) is 0 Å². The predicted octanol–water partition coefficient (Wildman–Crippen LogP) is 4.63. The predicted molar refractivity (Wildman–Crippen MR) is 113 cm³/mol. The third-order valence-corrected chi connectivity index (χ3v) is 5.16. The average Bonchev–Trinajstić information content (AvgIpc) is 2.98. The highest BCUT2D eigenvalue weighted by molar-refractivity contribution is 8.18. The molecule has 2 amide bonds. The summed E-state index contributed by atoms with van der Waals surface area (Å²) in [5.74, 6) is 0.656. The zero-order chi connectivity index (χ0) is 21.7. The molecular weight excluding hydrogens is 408 g/mol. The third kappa shape index (κ3) is 4.62. The summed E-state index contributed by atoms with van der Waals surface area (Å²) in [5, 5.41) is 10.7. The number of para-hydroxylation sites is 1. The molecule has 0 N–H and O–H groups in total. The fourth-order valence-electron chi connectivity index (χ4n) is 2.94. The average molecular weight is 428 g/mol. The van der Waals surface area contributed by atoms with Gasteiger partial charge in [0.25, 0.3) is 16.8 Å². The van der Waals surface area contributed by atoms with E-state index in [0.717, 1.165) is 16.7 Å².